The summed E-state index contributed by atoms with van der Waals surface area (Å²) in [5.74, 6) is 0. The molecule has 0 fully saturated rings. The van der Waals surface area contributed by atoms with E-state index in [-0.39, 0.29) is 0 Å². The molecule has 0 aliphatic carbocycles. The van der Waals surface area contributed by atoms with Crippen LogP contribution in [0, 0.1) is 0 Å². The Balaban J connectivity index is 0. The molecule has 0 saturated heterocycles. The lowest BCUT2D eigenvalue weighted by molar-refractivity contribution is 0.390. The maximum atomic E-state index is 5.27. The van der Waals surface area contributed by atoms with Crippen molar-refractivity contribution in [3.63, 3.8) is 0 Å². The van der Waals surface area contributed by atoms with Gasteiger partial charge in [0, 0.05) is 11.4 Å². The van der Waals surface area contributed by atoms with Gasteiger partial charge in [-0.2, -0.15) is 0 Å². The van der Waals surface area contributed by atoms with E-state index in [1.807, 2.05) is 13.8 Å². The molecule has 0 spiro atoms. The largest absolute Gasteiger partial charge is 0.314 e. The average molecular weight is 223 g/mol. The van der Waals surface area contributed by atoms with E-state index in [9.17, 15) is 0 Å². The highest BCUT2D eigenvalue weighted by atomic mass is 35.5. The molecule has 0 bridgehead atoms. The molecule has 3 heteroatoms. The van der Waals surface area contributed by atoms with E-state index >= 15 is 0 Å². The van der Waals surface area contributed by atoms with E-state index in [4.69, 9.17) is 11.6 Å². The normalized spacial score (nSPS) is 10.7. The third-order valence-corrected chi connectivity index (χ3v) is 1.33. The highest BCUT2D eigenvalue weighted by Crippen LogP contribution is 1.84. The van der Waals surface area contributed by atoms with Crippen molar-refractivity contribution in [2.75, 3.05) is 27.2 Å². The van der Waals surface area contributed by atoms with Crippen LogP contribution in [0.2, 0.25) is 0 Å². The first-order valence-corrected chi connectivity index (χ1v) is 5.82. The van der Waals surface area contributed by atoms with Crippen molar-refractivity contribution in [2.45, 2.75) is 45.5 Å². The van der Waals surface area contributed by atoms with Gasteiger partial charge in [-0.1, -0.05) is 13.8 Å². The number of alkyl halides is 1. The summed E-state index contributed by atoms with van der Waals surface area (Å²) in [5, 5.41) is 3.68. The lowest BCUT2D eigenvalue weighted by Gasteiger charge is -2.11. The van der Waals surface area contributed by atoms with Gasteiger partial charge in [-0.25, -0.2) is 0 Å². The first kappa shape index (κ1) is 16.6. The number of hydrogen-bond acceptors (Lipinski definition) is 2. The Kier molecular flexibility index (Phi) is 13.4. The second-order valence-corrected chi connectivity index (χ2v) is 5.15. The van der Waals surface area contributed by atoms with E-state index in [1.165, 1.54) is 13.0 Å². The van der Waals surface area contributed by atoms with E-state index in [0.29, 0.717) is 11.4 Å². The Morgan fingerprint density at radius 1 is 1.14 bits per heavy atom. The van der Waals surface area contributed by atoms with Gasteiger partial charge in [-0.3, -0.25) is 0 Å². The van der Waals surface area contributed by atoms with Crippen LogP contribution < -0.4 is 5.32 Å². The number of nitrogens with zero attached hydrogens (tertiary/aromatic N) is 1. The SMILES string of the molecule is CC(C)Cl.CC(C)NCCCN(C)C. The lowest BCUT2D eigenvalue weighted by Crippen LogP contribution is -2.26. The fraction of sp³-hybridized carbons (Fsp3) is 1.00. The van der Waals surface area contributed by atoms with Crippen molar-refractivity contribution in [1.29, 1.82) is 0 Å². The van der Waals surface area contributed by atoms with Crippen LogP contribution in [0.3, 0.4) is 0 Å². The van der Waals surface area contributed by atoms with Gasteiger partial charge in [-0.15, -0.1) is 11.6 Å². The summed E-state index contributed by atoms with van der Waals surface area (Å²) >= 11 is 5.27. The van der Waals surface area contributed by atoms with Crippen molar-refractivity contribution in [3.05, 3.63) is 0 Å². The fourth-order valence-corrected chi connectivity index (χ4v) is 0.786. The number of rotatable bonds is 5. The van der Waals surface area contributed by atoms with Gasteiger partial charge in [-0.05, 0) is 47.5 Å². The lowest BCUT2D eigenvalue weighted by atomic mass is 10.3. The van der Waals surface area contributed by atoms with Crippen LogP contribution in [0.1, 0.15) is 34.1 Å². The third kappa shape index (κ3) is 29.5. The summed E-state index contributed by atoms with van der Waals surface area (Å²) in [6, 6.07) is 0.627. The molecule has 0 aromatic rings. The monoisotopic (exact) mass is 222 g/mol. The van der Waals surface area contributed by atoms with Gasteiger partial charge < -0.3 is 10.2 Å². The summed E-state index contributed by atoms with van der Waals surface area (Å²) < 4.78 is 0. The minimum Gasteiger partial charge on any atom is -0.314 e. The quantitative estimate of drug-likeness (QED) is 0.568. The summed E-state index contributed by atoms with van der Waals surface area (Å²) in [6.45, 7) is 10.5. The minimum absolute atomic E-state index is 0.306. The van der Waals surface area contributed by atoms with E-state index in [1.54, 1.807) is 0 Å². The van der Waals surface area contributed by atoms with Crippen molar-refractivity contribution in [3.8, 4) is 0 Å². The molecule has 0 unspecified atom stereocenters. The molecule has 0 saturated carbocycles. The highest BCUT2D eigenvalue weighted by Gasteiger charge is 1.92. The molecule has 88 valence electrons. The van der Waals surface area contributed by atoms with Crippen LogP contribution >= 0.6 is 11.6 Å². The Morgan fingerprint density at radius 2 is 1.57 bits per heavy atom. The molecule has 0 atom stereocenters. The first-order chi connectivity index (χ1) is 6.36. The van der Waals surface area contributed by atoms with Gasteiger partial charge in [0.05, 0.1) is 0 Å². The van der Waals surface area contributed by atoms with Gasteiger partial charge in [0.25, 0.3) is 0 Å². The Morgan fingerprint density at radius 3 is 1.86 bits per heavy atom. The fourth-order valence-electron chi connectivity index (χ4n) is 0.786. The van der Waals surface area contributed by atoms with Crippen LogP contribution in [0.15, 0.2) is 0 Å². The molecule has 0 radical (unpaired) electrons. The van der Waals surface area contributed by atoms with Gasteiger partial charge in [0.1, 0.15) is 0 Å². The van der Waals surface area contributed by atoms with Crippen LogP contribution in [-0.2, 0) is 0 Å². The van der Waals surface area contributed by atoms with Crippen LogP contribution in [0.25, 0.3) is 0 Å². The van der Waals surface area contributed by atoms with Crippen LogP contribution in [-0.4, -0.2) is 43.5 Å². The molecule has 0 rings (SSSR count). The maximum absolute atomic E-state index is 5.27. The zero-order chi connectivity index (χ0) is 11.6. The molecular weight excluding hydrogens is 196 g/mol. The zero-order valence-electron chi connectivity index (χ0n) is 10.6. The predicted molar refractivity (Wildman–Crippen MR) is 67.3 cm³/mol. The molecule has 0 aliphatic rings. The zero-order valence-corrected chi connectivity index (χ0v) is 11.4. The molecule has 0 aromatic carbocycles. The van der Waals surface area contributed by atoms with Crippen LogP contribution in [0.5, 0.6) is 0 Å². The number of hydrogen-bond donors (Lipinski definition) is 1. The smallest absolute Gasteiger partial charge is 0.0279 e. The van der Waals surface area contributed by atoms with Gasteiger partial charge >= 0.3 is 0 Å². The van der Waals surface area contributed by atoms with Crippen molar-refractivity contribution >= 4 is 11.6 Å². The Hall–Kier alpha value is 0.210. The molecule has 0 amide bonds. The third-order valence-electron chi connectivity index (χ3n) is 1.33. The molecule has 14 heavy (non-hydrogen) atoms. The molecule has 1 N–H and O–H groups in total. The summed E-state index contributed by atoms with van der Waals surface area (Å²) in [4.78, 5) is 2.21. The standard InChI is InChI=1S/C8H20N2.C3H7Cl/c1-8(2)9-6-5-7-10(3)4;1-3(2)4/h8-9H,5-7H2,1-4H3;3H,1-2H3. The predicted octanol–water partition coefficient (Wildman–Crippen LogP) is 2.57. The molecular formula is C11H27ClN2. The van der Waals surface area contributed by atoms with Gasteiger partial charge in [0.15, 0.2) is 0 Å². The summed E-state index contributed by atoms with van der Waals surface area (Å²) in [6.07, 6.45) is 1.24. The maximum Gasteiger partial charge on any atom is 0.0279 e. The average Bonchev–Trinajstić information content (AvgIpc) is 1.96. The van der Waals surface area contributed by atoms with E-state index in [0.717, 1.165) is 6.54 Å². The molecule has 0 aliphatic heterocycles. The molecule has 2 nitrogen and oxygen atoms in total. The van der Waals surface area contributed by atoms with Gasteiger partial charge in [0.2, 0.25) is 0 Å². The molecule has 0 heterocycles. The minimum atomic E-state index is 0.306. The Labute approximate surface area is 95.0 Å². The van der Waals surface area contributed by atoms with Crippen molar-refractivity contribution in [1.82, 2.24) is 10.2 Å². The highest BCUT2D eigenvalue weighted by molar-refractivity contribution is 6.20. The van der Waals surface area contributed by atoms with E-state index in [2.05, 4.69) is 38.2 Å². The van der Waals surface area contributed by atoms with Crippen LogP contribution in [0.4, 0.5) is 0 Å². The molecule has 0 aromatic heterocycles. The number of nitrogens with one attached hydrogen (secondary N) is 1. The van der Waals surface area contributed by atoms with Crippen molar-refractivity contribution in [2.24, 2.45) is 0 Å². The first-order valence-electron chi connectivity index (χ1n) is 5.38. The van der Waals surface area contributed by atoms with E-state index < -0.39 is 0 Å². The Bertz CT molecular complexity index is 90.7. The second kappa shape index (κ2) is 11.3. The second-order valence-electron chi connectivity index (χ2n) is 4.28. The van der Waals surface area contributed by atoms with Crippen molar-refractivity contribution < 1.29 is 0 Å². The number of halogens is 1. The summed E-state index contributed by atoms with van der Waals surface area (Å²) in [7, 11) is 4.21. The topological polar surface area (TPSA) is 15.3 Å². The summed E-state index contributed by atoms with van der Waals surface area (Å²) in [5.41, 5.74) is 0.